The van der Waals surface area contributed by atoms with Gasteiger partial charge in [0.1, 0.15) is 16.3 Å². The molecule has 0 saturated carbocycles. The lowest BCUT2D eigenvalue weighted by Crippen LogP contribution is -2.10. The summed E-state index contributed by atoms with van der Waals surface area (Å²) < 4.78 is 6.64. The van der Waals surface area contributed by atoms with Crippen molar-refractivity contribution < 1.29 is 14.3 Å². The molecule has 5 aromatic rings. The topological polar surface area (TPSA) is 75.4 Å². The number of phenolic OH excluding ortho intramolecular Hbond substituents is 1. The van der Waals surface area contributed by atoms with E-state index in [0.29, 0.717) is 21.8 Å². The first kappa shape index (κ1) is 16.5. The quantitative estimate of drug-likeness (QED) is 0.392. The van der Waals surface area contributed by atoms with Gasteiger partial charge in [-0.05, 0) is 42.5 Å². The lowest BCUT2D eigenvalue weighted by atomic mass is 10.2. The van der Waals surface area contributed by atoms with E-state index in [1.165, 1.54) is 11.3 Å². The van der Waals surface area contributed by atoms with E-state index in [2.05, 4.69) is 10.3 Å². The zero-order chi connectivity index (χ0) is 19.1. The molecule has 3 aromatic carbocycles. The molecular weight excluding hydrogens is 372 g/mol. The standard InChI is InChI=1S/C22H14N2O3S/c25-17-10-9-14(12-15(17)22-24-16-6-2-4-8-20(16)28-22)23-21(26)19-11-13-5-1-3-7-18(13)27-19/h1-12,25H,(H,23,26). The summed E-state index contributed by atoms with van der Waals surface area (Å²) in [4.78, 5) is 17.2. The Balaban J connectivity index is 1.47. The van der Waals surface area contributed by atoms with Crippen molar-refractivity contribution in [2.75, 3.05) is 5.32 Å². The highest BCUT2D eigenvalue weighted by atomic mass is 32.1. The van der Waals surface area contributed by atoms with E-state index >= 15 is 0 Å². The minimum atomic E-state index is -0.350. The average molecular weight is 386 g/mol. The number of benzene rings is 3. The number of furan rings is 1. The number of fused-ring (bicyclic) bond motifs is 2. The summed E-state index contributed by atoms with van der Waals surface area (Å²) in [5.41, 5.74) is 2.66. The first-order chi connectivity index (χ1) is 13.7. The number of phenols is 1. The number of carbonyl (C=O) groups excluding carboxylic acids is 1. The molecule has 5 rings (SSSR count). The van der Waals surface area contributed by atoms with Crippen LogP contribution in [0.4, 0.5) is 5.69 Å². The molecule has 0 aliphatic heterocycles. The Morgan fingerprint density at radius 3 is 2.68 bits per heavy atom. The number of amides is 1. The second kappa shape index (κ2) is 6.51. The number of anilines is 1. The fourth-order valence-electron chi connectivity index (χ4n) is 3.06. The molecule has 2 aromatic heterocycles. The molecule has 0 unspecified atom stereocenters. The third kappa shape index (κ3) is 2.90. The lowest BCUT2D eigenvalue weighted by molar-refractivity contribution is 0.0998. The third-order valence-corrected chi connectivity index (χ3v) is 5.50. The Kier molecular flexibility index (Phi) is 3.84. The number of nitrogens with zero attached hydrogens (tertiary/aromatic N) is 1. The van der Waals surface area contributed by atoms with Crippen LogP contribution in [0.25, 0.3) is 31.8 Å². The van der Waals surface area contributed by atoms with Gasteiger partial charge in [-0.1, -0.05) is 30.3 Å². The Labute approximate surface area is 163 Å². The van der Waals surface area contributed by atoms with Crippen LogP contribution < -0.4 is 5.32 Å². The molecule has 2 N–H and O–H groups in total. The molecule has 1 amide bonds. The summed E-state index contributed by atoms with van der Waals surface area (Å²) in [5.74, 6) is -0.00579. The van der Waals surface area contributed by atoms with Crippen molar-refractivity contribution in [3.8, 4) is 16.3 Å². The Morgan fingerprint density at radius 2 is 1.82 bits per heavy atom. The van der Waals surface area contributed by atoms with Gasteiger partial charge >= 0.3 is 0 Å². The van der Waals surface area contributed by atoms with Gasteiger partial charge in [-0.15, -0.1) is 11.3 Å². The summed E-state index contributed by atoms with van der Waals surface area (Å²) in [7, 11) is 0. The van der Waals surface area contributed by atoms with Crippen molar-refractivity contribution in [2.24, 2.45) is 0 Å². The van der Waals surface area contributed by atoms with Crippen LogP contribution in [0, 0.1) is 0 Å². The van der Waals surface area contributed by atoms with Gasteiger partial charge in [-0.2, -0.15) is 0 Å². The fourth-order valence-corrected chi connectivity index (χ4v) is 4.05. The number of thiazole rings is 1. The van der Waals surface area contributed by atoms with Gasteiger partial charge in [-0.25, -0.2) is 4.98 Å². The molecule has 2 heterocycles. The van der Waals surface area contributed by atoms with E-state index in [-0.39, 0.29) is 17.4 Å². The number of nitrogens with one attached hydrogen (secondary N) is 1. The summed E-state index contributed by atoms with van der Waals surface area (Å²) >= 11 is 1.49. The van der Waals surface area contributed by atoms with E-state index in [9.17, 15) is 9.90 Å². The zero-order valence-corrected chi connectivity index (χ0v) is 15.4. The maximum atomic E-state index is 12.6. The van der Waals surface area contributed by atoms with Gasteiger partial charge in [0.15, 0.2) is 5.76 Å². The number of rotatable bonds is 3. The molecule has 28 heavy (non-hydrogen) atoms. The first-order valence-corrected chi connectivity index (χ1v) is 9.48. The fraction of sp³-hybridized carbons (Fsp3) is 0. The van der Waals surface area contributed by atoms with Crippen LogP contribution >= 0.6 is 11.3 Å². The molecule has 0 aliphatic carbocycles. The molecule has 0 atom stereocenters. The second-order valence-corrected chi connectivity index (χ2v) is 7.35. The van der Waals surface area contributed by atoms with Gasteiger partial charge in [0.05, 0.1) is 15.8 Å². The third-order valence-electron chi connectivity index (χ3n) is 4.43. The first-order valence-electron chi connectivity index (χ1n) is 8.66. The molecule has 0 aliphatic rings. The van der Waals surface area contributed by atoms with Crippen molar-refractivity contribution in [3.05, 3.63) is 78.6 Å². The highest BCUT2D eigenvalue weighted by Gasteiger charge is 2.15. The highest BCUT2D eigenvalue weighted by Crippen LogP contribution is 2.36. The largest absolute Gasteiger partial charge is 0.507 e. The predicted octanol–water partition coefficient (Wildman–Crippen LogP) is 5.67. The van der Waals surface area contributed by atoms with Crippen LogP contribution in [0.5, 0.6) is 5.75 Å². The van der Waals surface area contributed by atoms with Gasteiger partial charge in [-0.3, -0.25) is 4.79 Å². The molecule has 0 fully saturated rings. The SMILES string of the molecule is O=C(Nc1ccc(O)c(-c2nc3ccccc3s2)c1)c1cc2ccccc2o1. The van der Waals surface area contributed by atoms with E-state index < -0.39 is 0 Å². The number of aromatic hydroxyl groups is 1. The zero-order valence-electron chi connectivity index (χ0n) is 14.5. The van der Waals surface area contributed by atoms with Gasteiger partial charge < -0.3 is 14.8 Å². The van der Waals surface area contributed by atoms with Crippen LogP contribution in [0.2, 0.25) is 0 Å². The maximum absolute atomic E-state index is 12.6. The molecule has 5 nitrogen and oxygen atoms in total. The average Bonchev–Trinajstić information content (AvgIpc) is 3.33. The summed E-state index contributed by atoms with van der Waals surface area (Å²) in [5, 5.41) is 14.7. The molecule has 0 spiro atoms. The van der Waals surface area contributed by atoms with E-state index in [0.717, 1.165) is 15.6 Å². The molecule has 136 valence electrons. The summed E-state index contributed by atoms with van der Waals surface area (Å²) in [6, 6.07) is 21.9. The van der Waals surface area contributed by atoms with Crippen LogP contribution in [0.1, 0.15) is 10.6 Å². The van der Waals surface area contributed by atoms with E-state index in [1.807, 2.05) is 48.5 Å². The Hall–Kier alpha value is -3.64. The molecule has 6 heteroatoms. The van der Waals surface area contributed by atoms with E-state index in [4.69, 9.17) is 4.42 Å². The maximum Gasteiger partial charge on any atom is 0.291 e. The number of para-hydroxylation sites is 2. The summed E-state index contributed by atoms with van der Waals surface area (Å²) in [6.45, 7) is 0. The minimum absolute atomic E-state index is 0.112. The van der Waals surface area contributed by atoms with Crippen molar-refractivity contribution in [1.82, 2.24) is 4.98 Å². The molecule has 0 radical (unpaired) electrons. The van der Waals surface area contributed by atoms with Crippen LogP contribution in [-0.4, -0.2) is 16.0 Å². The number of hydrogen-bond acceptors (Lipinski definition) is 5. The van der Waals surface area contributed by atoms with Crippen LogP contribution in [0.15, 0.2) is 77.2 Å². The number of carbonyl (C=O) groups is 1. The van der Waals surface area contributed by atoms with Crippen molar-refractivity contribution in [2.45, 2.75) is 0 Å². The van der Waals surface area contributed by atoms with Gasteiger partial charge in [0.25, 0.3) is 5.91 Å². The molecular formula is C22H14N2O3S. The van der Waals surface area contributed by atoms with Crippen molar-refractivity contribution >= 4 is 44.1 Å². The molecule has 0 saturated heterocycles. The summed E-state index contributed by atoms with van der Waals surface area (Å²) in [6.07, 6.45) is 0. The molecule has 0 bridgehead atoms. The lowest BCUT2D eigenvalue weighted by Gasteiger charge is -2.07. The number of hydrogen-bond donors (Lipinski definition) is 2. The monoisotopic (exact) mass is 386 g/mol. The normalized spacial score (nSPS) is 11.1. The number of aromatic nitrogens is 1. The van der Waals surface area contributed by atoms with Gasteiger partial charge in [0.2, 0.25) is 0 Å². The minimum Gasteiger partial charge on any atom is -0.507 e. The van der Waals surface area contributed by atoms with Crippen molar-refractivity contribution in [3.63, 3.8) is 0 Å². The van der Waals surface area contributed by atoms with Crippen LogP contribution in [-0.2, 0) is 0 Å². The van der Waals surface area contributed by atoms with Crippen molar-refractivity contribution in [1.29, 1.82) is 0 Å². The van der Waals surface area contributed by atoms with E-state index in [1.54, 1.807) is 24.3 Å². The van der Waals surface area contributed by atoms with Crippen LogP contribution in [0.3, 0.4) is 0 Å². The second-order valence-electron chi connectivity index (χ2n) is 6.32. The highest BCUT2D eigenvalue weighted by molar-refractivity contribution is 7.21. The smallest absolute Gasteiger partial charge is 0.291 e. The Bertz CT molecular complexity index is 1270. The Morgan fingerprint density at radius 1 is 1.00 bits per heavy atom. The predicted molar refractivity (Wildman–Crippen MR) is 111 cm³/mol. The van der Waals surface area contributed by atoms with Gasteiger partial charge in [0, 0.05) is 11.1 Å².